The van der Waals surface area contributed by atoms with Crippen LogP contribution in [0, 0.1) is 12.3 Å². The molecule has 3 amide bonds. The highest BCUT2D eigenvalue weighted by atomic mass is 16.5. The number of hydrogen-bond donors (Lipinski definition) is 3. The first-order chi connectivity index (χ1) is 23.9. The van der Waals surface area contributed by atoms with E-state index in [1.165, 1.54) is 6.08 Å². The van der Waals surface area contributed by atoms with Gasteiger partial charge >= 0.3 is 6.09 Å². The molecule has 11 nitrogen and oxygen atoms in total. The number of carbonyl (C=O) groups excluding carboxylic acids is 3. The number of ether oxygens (including phenoxy) is 1. The number of terminal acetylenes is 1. The SMILES string of the molecule is C#CCN1CC(=O)N2[C@@H](CCCNC(=O)OCC=C)C(=O)N(CC(c3ccccc3)c3ccccc3)C[C@@H]2N1C(O)NCc1ccccc1. The molecule has 2 aliphatic heterocycles. The van der Waals surface area contributed by atoms with Gasteiger partial charge in [-0.05, 0) is 29.5 Å². The van der Waals surface area contributed by atoms with Gasteiger partial charge in [0.15, 0.2) is 6.35 Å². The fourth-order valence-corrected chi connectivity index (χ4v) is 6.52. The lowest BCUT2D eigenvalue weighted by molar-refractivity contribution is -0.244. The zero-order chi connectivity index (χ0) is 34.6. The highest BCUT2D eigenvalue weighted by molar-refractivity contribution is 5.90. The molecule has 0 bridgehead atoms. The van der Waals surface area contributed by atoms with Crippen molar-refractivity contribution in [3.8, 4) is 12.3 Å². The second-order valence-electron chi connectivity index (χ2n) is 12.0. The maximum atomic E-state index is 14.5. The molecular formula is C38H44N6O5. The summed E-state index contributed by atoms with van der Waals surface area (Å²) in [4.78, 5) is 43.7. The quantitative estimate of drug-likeness (QED) is 0.0983. The van der Waals surface area contributed by atoms with Gasteiger partial charge in [-0.25, -0.2) is 9.80 Å². The van der Waals surface area contributed by atoms with Crippen molar-refractivity contribution < 1.29 is 24.2 Å². The number of alkyl carbamates (subject to hydrolysis) is 1. The van der Waals surface area contributed by atoms with Crippen molar-refractivity contribution in [3.05, 3.63) is 120 Å². The third-order valence-electron chi connectivity index (χ3n) is 8.79. The Morgan fingerprint density at radius 2 is 1.65 bits per heavy atom. The topological polar surface area (TPSA) is 118 Å². The van der Waals surface area contributed by atoms with Gasteiger partial charge < -0.3 is 25.0 Å². The molecule has 0 aliphatic carbocycles. The van der Waals surface area contributed by atoms with Gasteiger partial charge in [-0.2, -0.15) is 5.01 Å². The number of nitrogens with zero attached hydrogens (tertiary/aromatic N) is 4. The van der Waals surface area contributed by atoms with Crippen molar-refractivity contribution in [2.75, 3.05) is 39.3 Å². The lowest BCUT2D eigenvalue weighted by Crippen LogP contribution is -2.77. The van der Waals surface area contributed by atoms with Crippen molar-refractivity contribution in [1.82, 2.24) is 30.5 Å². The summed E-state index contributed by atoms with van der Waals surface area (Å²) in [6.07, 6.45) is 5.41. The van der Waals surface area contributed by atoms with E-state index in [2.05, 4.69) is 47.4 Å². The van der Waals surface area contributed by atoms with E-state index in [1.54, 1.807) is 19.8 Å². The number of aliphatic hydroxyl groups is 1. The largest absolute Gasteiger partial charge is 0.445 e. The van der Waals surface area contributed by atoms with Crippen LogP contribution in [0.3, 0.4) is 0 Å². The Balaban J connectivity index is 1.45. The van der Waals surface area contributed by atoms with Crippen molar-refractivity contribution >= 4 is 17.9 Å². The van der Waals surface area contributed by atoms with Crippen LogP contribution < -0.4 is 10.6 Å². The number of amides is 3. The number of piperazine rings is 1. The Bertz CT molecular complexity index is 1540. The number of carbonyl (C=O) groups is 3. The first kappa shape index (κ1) is 35.3. The van der Waals surface area contributed by atoms with E-state index in [0.29, 0.717) is 19.5 Å². The van der Waals surface area contributed by atoms with E-state index in [4.69, 9.17) is 11.2 Å². The Morgan fingerprint density at radius 1 is 1.02 bits per heavy atom. The fraction of sp³-hybridized carbons (Fsp3) is 0.342. The van der Waals surface area contributed by atoms with Crippen LogP contribution in [-0.4, -0.2) is 101 Å². The maximum absolute atomic E-state index is 14.5. The Labute approximate surface area is 288 Å². The smallest absolute Gasteiger partial charge is 0.407 e. The zero-order valence-corrected chi connectivity index (χ0v) is 27.6. The van der Waals surface area contributed by atoms with Gasteiger partial charge in [0.25, 0.3) is 0 Å². The van der Waals surface area contributed by atoms with Crippen LogP contribution in [0.5, 0.6) is 0 Å². The number of rotatable bonds is 15. The number of nitrogens with one attached hydrogen (secondary N) is 2. The predicted octanol–water partition coefficient (Wildman–Crippen LogP) is 3.11. The average Bonchev–Trinajstić information content (AvgIpc) is 3.13. The standard InChI is InChI=1S/C38H44N6O5/c1-3-23-42-28-35(45)43-33(21-14-22-39-38(48)49-24-4-2)36(46)41(26-32(30-17-10-6-11-18-30)31-19-12-7-13-20-31)27-34(43)44(42)37(47)40-25-29-15-8-5-9-16-29/h1,4-13,15-20,32-34,37,40,47H,2,14,21-28H2,(H,39,48)/t33-,34-,37?/m0/s1. The number of aliphatic hydroxyl groups excluding tert-OH is 1. The third-order valence-corrected chi connectivity index (χ3v) is 8.79. The molecule has 49 heavy (non-hydrogen) atoms. The van der Waals surface area contributed by atoms with Gasteiger partial charge in [0.05, 0.1) is 19.6 Å². The zero-order valence-electron chi connectivity index (χ0n) is 27.6. The molecule has 3 aromatic rings. The van der Waals surface area contributed by atoms with Gasteiger partial charge in [0.1, 0.15) is 18.8 Å². The number of hydrazine groups is 1. The molecular weight excluding hydrogens is 620 g/mol. The van der Waals surface area contributed by atoms with Crippen LogP contribution in [-0.2, 0) is 20.9 Å². The van der Waals surface area contributed by atoms with Crippen LogP contribution in [0.4, 0.5) is 4.79 Å². The Kier molecular flexibility index (Phi) is 12.6. The fourth-order valence-electron chi connectivity index (χ4n) is 6.52. The molecule has 5 rings (SSSR count). The third kappa shape index (κ3) is 8.93. The monoisotopic (exact) mass is 664 g/mol. The molecule has 2 fully saturated rings. The van der Waals surface area contributed by atoms with Crippen LogP contribution in [0.15, 0.2) is 104 Å². The summed E-state index contributed by atoms with van der Waals surface area (Å²) in [5.41, 5.74) is 3.08. The second kappa shape index (κ2) is 17.4. The van der Waals surface area contributed by atoms with Gasteiger partial charge in [0.2, 0.25) is 11.8 Å². The normalized spacial score (nSPS) is 18.9. The molecule has 256 valence electrons. The van der Waals surface area contributed by atoms with Gasteiger partial charge in [0, 0.05) is 25.6 Å². The maximum Gasteiger partial charge on any atom is 0.407 e. The molecule has 2 saturated heterocycles. The van der Waals surface area contributed by atoms with Crippen LogP contribution >= 0.6 is 0 Å². The first-order valence-corrected chi connectivity index (χ1v) is 16.5. The molecule has 3 aromatic carbocycles. The Morgan fingerprint density at radius 3 is 2.27 bits per heavy atom. The van der Waals surface area contributed by atoms with E-state index in [1.807, 2.05) is 66.7 Å². The van der Waals surface area contributed by atoms with Gasteiger partial charge in [-0.1, -0.05) is 110 Å². The molecule has 0 radical (unpaired) electrons. The van der Waals surface area contributed by atoms with Crippen molar-refractivity contribution in [2.24, 2.45) is 0 Å². The number of fused-ring (bicyclic) bond motifs is 1. The van der Waals surface area contributed by atoms with Crippen molar-refractivity contribution in [1.29, 1.82) is 0 Å². The van der Waals surface area contributed by atoms with Crippen LogP contribution in [0.25, 0.3) is 0 Å². The van der Waals surface area contributed by atoms with E-state index < -0.39 is 24.7 Å². The summed E-state index contributed by atoms with van der Waals surface area (Å²) < 4.78 is 5.01. The molecule has 3 atom stereocenters. The molecule has 11 heteroatoms. The van der Waals surface area contributed by atoms with Gasteiger partial charge in [-0.3, -0.25) is 14.9 Å². The molecule has 0 aromatic heterocycles. The molecule has 0 saturated carbocycles. The lowest BCUT2D eigenvalue weighted by atomic mass is 9.90. The van der Waals surface area contributed by atoms with Gasteiger partial charge in [-0.15, -0.1) is 6.42 Å². The predicted molar refractivity (Wildman–Crippen MR) is 186 cm³/mol. The summed E-state index contributed by atoms with van der Waals surface area (Å²) in [5, 5.41) is 20.9. The highest BCUT2D eigenvalue weighted by Crippen LogP contribution is 2.32. The highest BCUT2D eigenvalue weighted by Gasteiger charge is 2.51. The van der Waals surface area contributed by atoms with E-state index >= 15 is 0 Å². The summed E-state index contributed by atoms with van der Waals surface area (Å²) in [7, 11) is 0. The van der Waals surface area contributed by atoms with E-state index in [-0.39, 0.29) is 56.9 Å². The average molecular weight is 665 g/mol. The molecule has 3 N–H and O–H groups in total. The number of hydrogen-bond acceptors (Lipinski definition) is 8. The van der Waals surface area contributed by atoms with Crippen LogP contribution in [0.1, 0.15) is 35.4 Å². The summed E-state index contributed by atoms with van der Waals surface area (Å²) >= 11 is 0. The molecule has 0 spiro atoms. The summed E-state index contributed by atoms with van der Waals surface area (Å²) in [5.74, 6) is 2.03. The molecule has 2 heterocycles. The van der Waals surface area contributed by atoms with Crippen molar-refractivity contribution in [3.63, 3.8) is 0 Å². The Hall–Kier alpha value is -4.99. The van der Waals surface area contributed by atoms with E-state index in [9.17, 15) is 19.5 Å². The minimum Gasteiger partial charge on any atom is -0.445 e. The van der Waals surface area contributed by atoms with Crippen molar-refractivity contribution in [2.45, 2.75) is 43.9 Å². The molecule has 2 aliphatic rings. The minimum absolute atomic E-state index is 0.0838. The first-order valence-electron chi connectivity index (χ1n) is 16.5. The summed E-state index contributed by atoms with van der Waals surface area (Å²) in [6, 6.07) is 28.9. The minimum atomic E-state index is -1.22. The van der Waals surface area contributed by atoms with Crippen LogP contribution in [0.2, 0.25) is 0 Å². The number of benzene rings is 3. The molecule has 1 unspecified atom stereocenters. The lowest BCUT2D eigenvalue weighted by Gasteiger charge is -2.56. The summed E-state index contributed by atoms with van der Waals surface area (Å²) in [6.45, 7) is 4.73. The second-order valence-corrected chi connectivity index (χ2v) is 12.0. The van der Waals surface area contributed by atoms with E-state index in [0.717, 1.165) is 16.7 Å².